The Bertz CT molecular complexity index is 2030. The van der Waals surface area contributed by atoms with Gasteiger partial charge in [0, 0.05) is 22.8 Å². The highest BCUT2D eigenvalue weighted by Crippen LogP contribution is 2.32. The average molecular weight is 627 g/mol. The molecule has 2 aromatic carbocycles. The molecule has 0 aliphatic carbocycles. The molecule has 1 fully saturated rings. The van der Waals surface area contributed by atoms with Gasteiger partial charge in [-0.05, 0) is 67.9 Å². The molecular formula is C27H23FN6O5S3. The van der Waals surface area contributed by atoms with Crippen LogP contribution in [0.2, 0.25) is 0 Å². The van der Waals surface area contributed by atoms with Crippen LogP contribution in [0.5, 0.6) is 0 Å². The lowest BCUT2D eigenvalue weighted by molar-refractivity contribution is 0.102. The number of pyridine rings is 1. The van der Waals surface area contributed by atoms with Crippen molar-refractivity contribution in [3.05, 3.63) is 83.2 Å². The van der Waals surface area contributed by atoms with Gasteiger partial charge in [0.2, 0.25) is 0 Å². The zero-order valence-corrected chi connectivity index (χ0v) is 24.4. The Hall–Kier alpha value is -4.21. The highest BCUT2D eigenvalue weighted by Gasteiger charge is 2.32. The minimum absolute atomic E-state index is 0.00997. The fourth-order valence-corrected chi connectivity index (χ4v) is 8.33. The van der Waals surface area contributed by atoms with Gasteiger partial charge in [0.25, 0.3) is 15.9 Å². The second kappa shape index (κ2) is 10.6. The Morgan fingerprint density at radius 1 is 1.12 bits per heavy atom. The molecule has 0 radical (unpaired) electrons. The van der Waals surface area contributed by atoms with Crippen molar-refractivity contribution < 1.29 is 26.0 Å². The molecule has 15 heteroatoms. The van der Waals surface area contributed by atoms with E-state index in [-0.39, 0.29) is 27.1 Å². The molecule has 4 heterocycles. The first-order valence-corrected chi connectivity index (χ1v) is 16.9. The van der Waals surface area contributed by atoms with Gasteiger partial charge < -0.3 is 5.32 Å². The fourth-order valence-electron chi connectivity index (χ4n) is 4.85. The van der Waals surface area contributed by atoms with E-state index in [1.54, 1.807) is 23.1 Å². The molecule has 0 spiro atoms. The van der Waals surface area contributed by atoms with Crippen molar-refractivity contribution in [1.29, 1.82) is 0 Å². The number of rotatable bonds is 7. The third-order valence-corrected chi connectivity index (χ3v) is 10.8. The van der Waals surface area contributed by atoms with E-state index < -0.39 is 37.6 Å². The second-order valence-electron chi connectivity index (χ2n) is 9.77. The maximum absolute atomic E-state index is 13.7. The number of sulfonamides is 1. The molecule has 1 saturated heterocycles. The summed E-state index contributed by atoms with van der Waals surface area (Å²) in [4.78, 5) is 22.3. The largest absolute Gasteiger partial charge is 0.322 e. The smallest absolute Gasteiger partial charge is 0.263 e. The number of amides is 1. The Morgan fingerprint density at radius 3 is 2.50 bits per heavy atom. The van der Waals surface area contributed by atoms with Crippen LogP contribution < -0.4 is 10.0 Å². The minimum Gasteiger partial charge on any atom is -0.322 e. The van der Waals surface area contributed by atoms with Crippen molar-refractivity contribution in [3.8, 4) is 11.3 Å². The Kier molecular flexibility index (Phi) is 7.03. The van der Waals surface area contributed by atoms with Crippen molar-refractivity contribution in [2.24, 2.45) is 0 Å². The van der Waals surface area contributed by atoms with Gasteiger partial charge in [-0.3, -0.25) is 9.52 Å². The molecule has 1 unspecified atom stereocenters. The van der Waals surface area contributed by atoms with Gasteiger partial charge in [-0.1, -0.05) is 0 Å². The molecular weight excluding hydrogens is 604 g/mol. The van der Waals surface area contributed by atoms with Gasteiger partial charge in [-0.15, -0.1) is 11.3 Å². The first kappa shape index (κ1) is 27.9. The number of carbonyl (C=O) groups excluding carboxylic acids is 1. The van der Waals surface area contributed by atoms with Gasteiger partial charge in [-0.25, -0.2) is 35.9 Å². The summed E-state index contributed by atoms with van der Waals surface area (Å²) in [5, 5.41) is 9.71. The summed E-state index contributed by atoms with van der Waals surface area (Å²) in [5.41, 5.74) is 2.34. The monoisotopic (exact) mass is 626 g/mol. The van der Waals surface area contributed by atoms with E-state index in [0.717, 1.165) is 11.3 Å². The van der Waals surface area contributed by atoms with Crippen molar-refractivity contribution in [3.63, 3.8) is 0 Å². The van der Waals surface area contributed by atoms with E-state index in [1.807, 2.05) is 0 Å². The topological polar surface area (TPSA) is 153 Å². The van der Waals surface area contributed by atoms with Gasteiger partial charge in [0.05, 0.1) is 44.8 Å². The van der Waals surface area contributed by atoms with Crippen LogP contribution in [0.1, 0.15) is 28.5 Å². The number of nitrogens with one attached hydrogen (secondary N) is 2. The number of thiazole rings is 1. The number of nitrogens with zero attached hydrogens (tertiary/aromatic N) is 4. The fraction of sp³-hybridized carbons (Fsp3) is 0.185. The lowest BCUT2D eigenvalue weighted by atomic mass is 10.0. The molecule has 216 valence electrons. The lowest BCUT2D eigenvalue weighted by Crippen LogP contribution is -2.15. The average Bonchev–Trinajstić information content (AvgIpc) is 3.67. The zero-order valence-electron chi connectivity index (χ0n) is 22.0. The van der Waals surface area contributed by atoms with Crippen LogP contribution in [-0.2, 0) is 19.9 Å². The third kappa shape index (κ3) is 5.49. The molecule has 0 saturated carbocycles. The zero-order chi connectivity index (χ0) is 29.6. The van der Waals surface area contributed by atoms with Crippen LogP contribution in [0, 0.1) is 12.7 Å². The molecule has 3 aromatic heterocycles. The van der Waals surface area contributed by atoms with E-state index in [2.05, 4.69) is 20.1 Å². The minimum atomic E-state index is -3.87. The van der Waals surface area contributed by atoms with Crippen LogP contribution in [0.4, 0.5) is 15.2 Å². The number of halogens is 1. The SMILES string of the molecule is Cc1nn(C2CCS(=O)(=O)C2)c2nc(-c3ccc(F)cc3)cc(C(=O)Nc3ccc(S(=O)(=O)Nc4nccs4)cc3)c12. The summed E-state index contributed by atoms with van der Waals surface area (Å²) < 4.78 is 67.4. The van der Waals surface area contributed by atoms with E-state index in [1.165, 1.54) is 54.7 Å². The molecule has 2 N–H and O–H groups in total. The predicted octanol–water partition coefficient (Wildman–Crippen LogP) is 4.42. The molecule has 6 rings (SSSR count). The van der Waals surface area contributed by atoms with E-state index in [0.29, 0.717) is 40.1 Å². The van der Waals surface area contributed by atoms with Crippen molar-refractivity contribution in [2.45, 2.75) is 24.3 Å². The number of anilines is 2. The number of sulfone groups is 1. The maximum atomic E-state index is 13.7. The maximum Gasteiger partial charge on any atom is 0.263 e. The number of hydrogen-bond donors (Lipinski definition) is 2. The molecule has 1 amide bonds. The predicted molar refractivity (Wildman–Crippen MR) is 157 cm³/mol. The molecule has 0 bridgehead atoms. The molecule has 42 heavy (non-hydrogen) atoms. The molecule has 1 aliphatic rings. The van der Waals surface area contributed by atoms with E-state index >= 15 is 0 Å². The van der Waals surface area contributed by atoms with Crippen LogP contribution >= 0.6 is 11.3 Å². The number of benzene rings is 2. The lowest BCUT2D eigenvalue weighted by Gasteiger charge is -2.13. The van der Waals surface area contributed by atoms with Gasteiger partial charge in [0.1, 0.15) is 5.82 Å². The second-order valence-corrected chi connectivity index (χ2v) is 14.6. The van der Waals surface area contributed by atoms with Crippen molar-refractivity contribution in [2.75, 3.05) is 21.5 Å². The first-order chi connectivity index (χ1) is 20.0. The summed E-state index contributed by atoms with van der Waals surface area (Å²) in [6.45, 7) is 1.72. The number of fused-ring (bicyclic) bond motifs is 1. The molecule has 1 atom stereocenters. The summed E-state index contributed by atoms with van der Waals surface area (Å²) in [7, 11) is -7.10. The Morgan fingerprint density at radius 2 is 1.86 bits per heavy atom. The van der Waals surface area contributed by atoms with Crippen LogP contribution in [0.25, 0.3) is 22.3 Å². The molecule has 11 nitrogen and oxygen atoms in total. The normalized spacial score (nSPS) is 16.5. The van der Waals surface area contributed by atoms with Crippen LogP contribution in [-0.4, -0.2) is 54.0 Å². The molecule has 1 aliphatic heterocycles. The highest BCUT2D eigenvalue weighted by molar-refractivity contribution is 7.93. The van der Waals surface area contributed by atoms with Gasteiger partial charge in [0.15, 0.2) is 20.6 Å². The number of aryl methyl sites for hydroxylation is 1. The summed E-state index contributed by atoms with van der Waals surface area (Å²) in [5.74, 6) is -0.986. The first-order valence-electron chi connectivity index (χ1n) is 12.7. The number of hydrogen-bond acceptors (Lipinski definition) is 9. The van der Waals surface area contributed by atoms with Gasteiger partial charge in [-0.2, -0.15) is 5.10 Å². The summed E-state index contributed by atoms with van der Waals surface area (Å²) >= 11 is 1.15. The van der Waals surface area contributed by atoms with E-state index in [9.17, 15) is 26.0 Å². The quantitative estimate of drug-likeness (QED) is 0.269. The number of aromatic nitrogens is 4. The van der Waals surface area contributed by atoms with Crippen molar-refractivity contribution >= 4 is 59.0 Å². The number of carbonyl (C=O) groups is 1. The molecule has 5 aromatic rings. The van der Waals surface area contributed by atoms with Gasteiger partial charge >= 0.3 is 0 Å². The third-order valence-electron chi connectivity index (χ3n) is 6.85. The highest BCUT2D eigenvalue weighted by atomic mass is 32.2. The Balaban J connectivity index is 1.37. The van der Waals surface area contributed by atoms with Crippen LogP contribution in [0.3, 0.4) is 0 Å². The van der Waals surface area contributed by atoms with E-state index in [4.69, 9.17) is 4.98 Å². The summed E-state index contributed by atoms with van der Waals surface area (Å²) in [6, 6.07) is 12.4. The summed E-state index contributed by atoms with van der Waals surface area (Å²) in [6.07, 6.45) is 1.86. The Labute approximate surface area is 244 Å². The standard InChI is InChI=1S/C27H23FN6O5S3/c1-16-24-22(26(35)30-19-6-8-21(9-7-19)42(38,39)33-27-29-11-12-40-27)14-23(17-2-4-18(28)5-3-17)31-25(24)34(32-16)20-10-13-41(36,37)15-20/h2-9,11-12,14,20H,10,13,15H2,1H3,(H,29,33)(H,30,35). The van der Waals surface area contributed by atoms with Crippen molar-refractivity contribution in [1.82, 2.24) is 19.7 Å². The van der Waals surface area contributed by atoms with Crippen LogP contribution in [0.15, 0.2) is 71.1 Å².